The Bertz CT molecular complexity index is 499. The van der Waals surface area contributed by atoms with Crippen LogP contribution in [0.1, 0.15) is 10.4 Å². The first kappa shape index (κ1) is 11.1. The number of carbonyl (C=O) groups is 1. The number of halogens is 1. The van der Waals surface area contributed by atoms with Gasteiger partial charge in [-0.15, -0.1) is 0 Å². The monoisotopic (exact) mass is 325 g/mol. The van der Waals surface area contributed by atoms with Gasteiger partial charge in [-0.3, -0.25) is 4.79 Å². The Balaban J connectivity index is 2.31. The van der Waals surface area contributed by atoms with Gasteiger partial charge in [-0.25, -0.2) is 4.98 Å². The van der Waals surface area contributed by atoms with Crippen molar-refractivity contribution in [3.8, 4) is 11.6 Å². The maximum atomic E-state index is 11.3. The molecule has 2 rings (SSSR count). The molecule has 0 N–H and O–H groups in total. The number of hydrogen-bond donors (Lipinski definition) is 0. The Morgan fingerprint density at radius 2 is 1.88 bits per heavy atom. The molecule has 0 unspecified atom stereocenters. The number of benzene rings is 1. The van der Waals surface area contributed by atoms with Crippen molar-refractivity contribution in [2.24, 2.45) is 0 Å². The molecule has 1 aromatic carbocycles. The highest BCUT2D eigenvalue weighted by Gasteiger charge is 2.10. The van der Waals surface area contributed by atoms with Gasteiger partial charge in [0.25, 0.3) is 0 Å². The summed E-state index contributed by atoms with van der Waals surface area (Å²) in [5, 5.41) is 0. The molecule has 16 heavy (non-hydrogen) atoms. The van der Waals surface area contributed by atoms with E-state index in [1.165, 1.54) is 0 Å². The minimum absolute atomic E-state index is 0.0865. The van der Waals surface area contributed by atoms with Gasteiger partial charge in [0, 0.05) is 28.8 Å². The van der Waals surface area contributed by atoms with Crippen LogP contribution in [0.5, 0.6) is 11.6 Å². The van der Waals surface area contributed by atoms with Crippen LogP contribution >= 0.6 is 22.6 Å². The van der Waals surface area contributed by atoms with Crippen LogP contribution in [0.4, 0.5) is 0 Å². The lowest BCUT2D eigenvalue weighted by Gasteiger charge is -2.06. The van der Waals surface area contributed by atoms with Crippen molar-refractivity contribution >= 4 is 26.4 Å². The molecule has 0 amide bonds. The molecular weight excluding hydrogens is 317 g/mol. The van der Waals surface area contributed by atoms with E-state index in [2.05, 4.69) is 4.98 Å². The van der Waals surface area contributed by atoms with E-state index in [-0.39, 0.29) is 3.79 Å². The smallest absolute Gasteiger partial charge is 0.230 e. The second-order valence-electron chi connectivity index (χ2n) is 3.04. The predicted molar refractivity (Wildman–Crippen MR) is 69.1 cm³/mol. The van der Waals surface area contributed by atoms with Crippen LogP contribution in [0.15, 0.2) is 48.7 Å². The summed E-state index contributed by atoms with van der Waals surface area (Å²) in [7, 11) is 0. The maximum Gasteiger partial charge on any atom is 0.230 e. The van der Waals surface area contributed by atoms with Gasteiger partial charge in [-0.1, -0.05) is 18.2 Å². The fourth-order valence-electron chi connectivity index (χ4n) is 1.22. The number of ether oxygens (including phenoxy) is 1. The molecular formula is C12H8INO2. The van der Waals surface area contributed by atoms with E-state index in [1.807, 2.05) is 30.3 Å². The SMILES string of the molecule is O=C(I)c1cccnc1Oc1ccccc1. The molecule has 1 heterocycles. The quantitative estimate of drug-likeness (QED) is 0.641. The minimum atomic E-state index is -0.0865. The first-order chi connectivity index (χ1) is 7.77. The number of hydrogen-bond acceptors (Lipinski definition) is 3. The standard InChI is InChI=1S/C12H8INO2/c13-11(15)10-7-4-8-14-12(10)16-9-5-2-1-3-6-9/h1-8H. The molecule has 0 fully saturated rings. The highest BCUT2D eigenvalue weighted by molar-refractivity contribution is 14.1. The zero-order valence-electron chi connectivity index (χ0n) is 8.26. The molecule has 0 spiro atoms. The van der Waals surface area contributed by atoms with Crippen LogP contribution in [0.2, 0.25) is 0 Å². The van der Waals surface area contributed by atoms with Crippen molar-refractivity contribution in [1.29, 1.82) is 0 Å². The van der Waals surface area contributed by atoms with E-state index in [9.17, 15) is 4.79 Å². The zero-order valence-corrected chi connectivity index (χ0v) is 10.4. The van der Waals surface area contributed by atoms with E-state index < -0.39 is 0 Å². The Morgan fingerprint density at radius 1 is 1.12 bits per heavy atom. The lowest BCUT2D eigenvalue weighted by molar-refractivity contribution is 0.110. The highest BCUT2D eigenvalue weighted by Crippen LogP contribution is 2.23. The summed E-state index contributed by atoms with van der Waals surface area (Å²) >= 11 is 1.72. The van der Waals surface area contributed by atoms with Gasteiger partial charge in [0.1, 0.15) is 5.75 Å². The summed E-state index contributed by atoms with van der Waals surface area (Å²) in [5.41, 5.74) is 0.479. The average Bonchev–Trinajstić information content (AvgIpc) is 2.31. The molecule has 4 heteroatoms. The van der Waals surface area contributed by atoms with Crippen molar-refractivity contribution in [2.75, 3.05) is 0 Å². The summed E-state index contributed by atoms with van der Waals surface area (Å²) in [6.07, 6.45) is 1.60. The molecule has 80 valence electrons. The maximum absolute atomic E-state index is 11.3. The molecule has 0 saturated carbocycles. The Hall–Kier alpha value is -1.43. The second kappa shape index (κ2) is 5.07. The highest BCUT2D eigenvalue weighted by atomic mass is 127. The summed E-state index contributed by atoms with van der Waals surface area (Å²) in [6.45, 7) is 0. The van der Waals surface area contributed by atoms with E-state index in [0.29, 0.717) is 17.2 Å². The van der Waals surface area contributed by atoms with Crippen molar-refractivity contribution in [1.82, 2.24) is 4.98 Å². The average molecular weight is 325 g/mol. The van der Waals surface area contributed by atoms with Crippen molar-refractivity contribution in [3.05, 3.63) is 54.2 Å². The lowest BCUT2D eigenvalue weighted by Crippen LogP contribution is -1.96. The van der Waals surface area contributed by atoms with E-state index in [1.54, 1.807) is 40.9 Å². The third-order valence-electron chi connectivity index (χ3n) is 1.94. The molecule has 0 bridgehead atoms. The minimum Gasteiger partial charge on any atom is -0.438 e. The first-order valence-corrected chi connectivity index (χ1v) is 5.73. The van der Waals surface area contributed by atoms with Crippen molar-refractivity contribution in [2.45, 2.75) is 0 Å². The summed E-state index contributed by atoms with van der Waals surface area (Å²) in [4.78, 5) is 15.4. The molecule has 0 atom stereocenters. The summed E-state index contributed by atoms with van der Waals surface area (Å²) in [5.74, 6) is 1.01. The number of para-hydroxylation sites is 1. The summed E-state index contributed by atoms with van der Waals surface area (Å²) in [6, 6.07) is 12.7. The number of carbonyl (C=O) groups excluding carboxylic acids is 1. The van der Waals surface area contributed by atoms with Crippen LogP contribution in [-0.4, -0.2) is 8.77 Å². The van der Waals surface area contributed by atoms with Gasteiger partial charge >= 0.3 is 0 Å². The van der Waals surface area contributed by atoms with E-state index in [0.717, 1.165) is 0 Å². The molecule has 0 aliphatic heterocycles. The van der Waals surface area contributed by atoms with Crippen molar-refractivity contribution in [3.63, 3.8) is 0 Å². The van der Waals surface area contributed by atoms with Crippen LogP contribution < -0.4 is 4.74 Å². The fourth-order valence-corrected chi connectivity index (χ4v) is 1.63. The molecule has 0 radical (unpaired) electrons. The van der Waals surface area contributed by atoms with Gasteiger partial charge in [0.05, 0.1) is 5.56 Å². The third-order valence-corrected chi connectivity index (χ3v) is 2.52. The number of rotatable bonds is 3. The normalized spacial score (nSPS) is 9.81. The first-order valence-electron chi connectivity index (χ1n) is 4.65. The number of nitrogens with zero attached hydrogens (tertiary/aromatic N) is 1. The van der Waals surface area contributed by atoms with E-state index >= 15 is 0 Å². The lowest BCUT2D eigenvalue weighted by atomic mass is 10.3. The molecule has 2 aromatic rings. The Morgan fingerprint density at radius 3 is 2.56 bits per heavy atom. The van der Waals surface area contributed by atoms with Gasteiger partial charge < -0.3 is 4.74 Å². The Labute approximate surface area is 107 Å². The van der Waals surface area contributed by atoms with Crippen molar-refractivity contribution < 1.29 is 9.53 Å². The molecule has 0 aliphatic carbocycles. The van der Waals surface area contributed by atoms with Gasteiger partial charge in [-0.2, -0.15) is 0 Å². The van der Waals surface area contributed by atoms with E-state index in [4.69, 9.17) is 4.74 Å². The van der Waals surface area contributed by atoms with Gasteiger partial charge in [0.15, 0.2) is 0 Å². The van der Waals surface area contributed by atoms with Crippen LogP contribution in [0.25, 0.3) is 0 Å². The van der Waals surface area contributed by atoms with Crippen LogP contribution in [-0.2, 0) is 0 Å². The largest absolute Gasteiger partial charge is 0.438 e. The molecule has 3 nitrogen and oxygen atoms in total. The Kier molecular flexibility index (Phi) is 3.51. The topological polar surface area (TPSA) is 39.2 Å². The van der Waals surface area contributed by atoms with Crippen LogP contribution in [0, 0.1) is 0 Å². The molecule has 1 aromatic heterocycles. The number of aromatic nitrogens is 1. The third kappa shape index (κ3) is 2.57. The van der Waals surface area contributed by atoms with Crippen LogP contribution in [0.3, 0.4) is 0 Å². The fraction of sp³-hybridized carbons (Fsp3) is 0. The predicted octanol–water partition coefficient (Wildman–Crippen LogP) is 3.45. The number of pyridine rings is 1. The molecule has 0 aliphatic rings. The van der Waals surface area contributed by atoms with Gasteiger partial charge in [0.2, 0.25) is 9.67 Å². The zero-order chi connectivity index (χ0) is 11.4. The molecule has 0 saturated heterocycles. The summed E-state index contributed by atoms with van der Waals surface area (Å²) < 4.78 is 5.45. The second-order valence-corrected chi connectivity index (χ2v) is 4.02. The van der Waals surface area contributed by atoms with Gasteiger partial charge in [-0.05, 0) is 24.3 Å².